The van der Waals surface area contributed by atoms with Crippen LogP contribution < -0.4 is 10.3 Å². The maximum atomic E-state index is 13.4. The second kappa shape index (κ2) is 7.25. The monoisotopic (exact) mass is 419 g/mol. The van der Waals surface area contributed by atoms with Gasteiger partial charge in [-0.2, -0.15) is 9.78 Å². The number of alkyl halides is 3. The summed E-state index contributed by atoms with van der Waals surface area (Å²) < 4.78 is 56.7. The Balaban J connectivity index is 1.78. The third-order valence-electron chi connectivity index (χ3n) is 4.26. The standard InChI is InChI=1S/C19H13F4N5O2/c1-10-6-12(20)8-24-16(10)28-17-13(9-25-28)18(29)27-15(26-17)7-11-4-2-3-5-14(11)30-19(21,22)23/h2-6,8-9H,7H2,1H3,(H,26,27,29). The number of fused-ring (bicyclic) bond motifs is 1. The van der Waals surface area contributed by atoms with Crippen LogP contribution in [0.4, 0.5) is 17.6 Å². The Morgan fingerprint density at radius 3 is 2.70 bits per heavy atom. The van der Waals surface area contributed by atoms with Crippen molar-refractivity contribution in [3.63, 3.8) is 0 Å². The number of hydrogen-bond acceptors (Lipinski definition) is 5. The fourth-order valence-electron chi connectivity index (χ4n) is 3.01. The van der Waals surface area contributed by atoms with E-state index < -0.39 is 23.5 Å². The van der Waals surface area contributed by atoms with Crippen LogP contribution in [0.3, 0.4) is 0 Å². The molecule has 3 heterocycles. The molecule has 0 radical (unpaired) electrons. The highest BCUT2D eigenvalue weighted by Crippen LogP contribution is 2.27. The fourth-order valence-corrected chi connectivity index (χ4v) is 3.01. The molecular formula is C19H13F4N5O2. The van der Waals surface area contributed by atoms with Crippen LogP contribution in [0.25, 0.3) is 16.9 Å². The Morgan fingerprint density at radius 1 is 1.20 bits per heavy atom. The molecule has 0 saturated heterocycles. The van der Waals surface area contributed by atoms with Crippen molar-refractivity contribution in [1.82, 2.24) is 24.7 Å². The van der Waals surface area contributed by atoms with E-state index in [0.29, 0.717) is 5.56 Å². The van der Waals surface area contributed by atoms with Gasteiger partial charge in [0.2, 0.25) is 0 Å². The molecule has 30 heavy (non-hydrogen) atoms. The minimum absolute atomic E-state index is 0.104. The maximum Gasteiger partial charge on any atom is 0.573 e. The number of aromatic nitrogens is 5. The molecule has 0 aliphatic heterocycles. The second-order valence-electron chi connectivity index (χ2n) is 6.43. The smallest absolute Gasteiger partial charge is 0.405 e. The van der Waals surface area contributed by atoms with Gasteiger partial charge in [0.15, 0.2) is 11.5 Å². The minimum Gasteiger partial charge on any atom is -0.405 e. The van der Waals surface area contributed by atoms with E-state index in [0.717, 1.165) is 6.20 Å². The first kappa shape index (κ1) is 19.6. The number of aryl methyl sites for hydroxylation is 1. The fraction of sp³-hybridized carbons (Fsp3) is 0.158. The van der Waals surface area contributed by atoms with E-state index in [4.69, 9.17) is 0 Å². The molecule has 0 bridgehead atoms. The summed E-state index contributed by atoms with van der Waals surface area (Å²) in [5.74, 6) is -0.540. The first-order valence-electron chi connectivity index (χ1n) is 8.64. The van der Waals surface area contributed by atoms with E-state index in [1.165, 1.54) is 35.1 Å². The van der Waals surface area contributed by atoms with E-state index in [1.54, 1.807) is 13.0 Å². The first-order chi connectivity index (χ1) is 14.2. The summed E-state index contributed by atoms with van der Waals surface area (Å²) in [6.45, 7) is 1.62. The van der Waals surface area contributed by atoms with Crippen LogP contribution in [-0.4, -0.2) is 31.1 Å². The molecule has 1 N–H and O–H groups in total. The van der Waals surface area contributed by atoms with Gasteiger partial charge < -0.3 is 9.72 Å². The molecule has 7 nitrogen and oxygen atoms in total. The van der Waals surface area contributed by atoms with Crippen LogP contribution in [-0.2, 0) is 6.42 Å². The predicted molar refractivity (Wildman–Crippen MR) is 97.9 cm³/mol. The van der Waals surface area contributed by atoms with Crippen LogP contribution in [0, 0.1) is 12.7 Å². The number of benzene rings is 1. The highest BCUT2D eigenvalue weighted by molar-refractivity contribution is 5.75. The minimum atomic E-state index is -4.86. The highest BCUT2D eigenvalue weighted by atomic mass is 19.4. The lowest BCUT2D eigenvalue weighted by Gasteiger charge is -2.13. The lowest BCUT2D eigenvalue weighted by Crippen LogP contribution is -2.18. The van der Waals surface area contributed by atoms with Crippen LogP contribution in [0.2, 0.25) is 0 Å². The maximum absolute atomic E-state index is 13.4. The zero-order valence-electron chi connectivity index (χ0n) is 15.4. The Kier molecular flexibility index (Phi) is 4.72. The Hall–Kier alpha value is -3.76. The van der Waals surface area contributed by atoms with Gasteiger partial charge in [-0.25, -0.2) is 14.4 Å². The highest BCUT2D eigenvalue weighted by Gasteiger charge is 2.32. The van der Waals surface area contributed by atoms with Crippen molar-refractivity contribution in [1.29, 1.82) is 0 Å². The number of halogens is 4. The van der Waals surface area contributed by atoms with Crippen molar-refractivity contribution in [2.45, 2.75) is 19.7 Å². The zero-order chi connectivity index (χ0) is 21.5. The molecule has 0 fully saturated rings. The van der Waals surface area contributed by atoms with Crippen molar-refractivity contribution >= 4 is 11.0 Å². The number of ether oxygens (including phenoxy) is 1. The van der Waals surface area contributed by atoms with Crippen LogP contribution in [0.15, 0.2) is 47.5 Å². The lowest BCUT2D eigenvalue weighted by molar-refractivity contribution is -0.274. The van der Waals surface area contributed by atoms with Gasteiger partial charge in [-0.15, -0.1) is 13.2 Å². The molecule has 0 saturated carbocycles. The van der Waals surface area contributed by atoms with Gasteiger partial charge in [0.25, 0.3) is 5.56 Å². The molecule has 0 amide bonds. The van der Waals surface area contributed by atoms with Crippen molar-refractivity contribution in [2.24, 2.45) is 0 Å². The third kappa shape index (κ3) is 3.86. The molecule has 11 heteroatoms. The van der Waals surface area contributed by atoms with Gasteiger partial charge in [0.05, 0.1) is 12.4 Å². The quantitative estimate of drug-likeness (QED) is 0.512. The summed E-state index contributed by atoms with van der Waals surface area (Å²) in [6, 6.07) is 6.83. The number of H-pyrrole nitrogens is 1. The van der Waals surface area contributed by atoms with Crippen LogP contribution in [0.1, 0.15) is 17.0 Å². The molecule has 3 aromatic heterocycles. The third-order valence-corrected chi connectivity index (χ3v) is 4.26. The van der Waals surface area contributed by atoms with Gasteiger partial charge in [-0.1, -0.05) is 18.2 Å². The molecular weight excluding hydrogens is 406 g/mol. The number of rotatable bonds is 4. The molecule has 1 aromatic carbocycles. The van der Waals surface area contributed by atoms with Crippen molar-refractivity contribution in [3.8, 4) is 11.6 Å². The van der Waals surface area contributed by atoms with E-state index in [2.05, 4.69) is 24.8 Å². The molecule has 4 rings (SSSR count). The summed E-state index contributed by atoms with van der Waals surface area (Å²) >= 11 is 0. The number of pyridine rings is 1. The number of hydrogen-bond donors (Lipinski definition) is 1. The molecule has 0 aliphatic rings. The summed E-state index contributed by atoms with van der Waals surface area (Å²) in [6.07, 6.45) is -2.69. The zero-order valence-corrected chi connectivity index (χ0v) is 15.4. The first-order valence-corrected chi connectivity index (χ1v) is 8.64. The molecule has 0 aliphatic carbocycles. The number of aromatic amines is 1. The van der Waals surface area contributed by atoms with Crippen molar-refractivity contribution in [2.75, 3.05) is 0 Å². The van der Waals surface area contributed by atoms with Crippen LogP contribution in [0.5, 0.6) is 5.75 Å². The van der Waals surface area contributed by atoms with Crippen molar-refractivity contribution < 1.29 is 22.3 Å². The lowest BCUT2D eigenvalue weighted by atomic mass is 10.1. The van der Waals surface area contributed by atoms with Gasteiger partial charge >= 0.3 is 6.36 Å². The topological polar surface area (TPSA) is 85.7 Å². The normalized spacial score (nSPS) is 11.8. The Bertz CT molecular complexity index is 1300. The van der Waals surface area contributed by atoms with Gasteiger partial charge in [0, 0.05) is 12.0 Å². The second-order valence-corrected chi connectivity index (χ2v) is 6.43. The average molecular weight is 419 g/mol. The molecule has 4 aromatic rings. The number of nitrogens with one attached hydrogen (secondary N) is 1. The SMILES string of the molecule is Cc1cc(F)cnc1-n1ncc2c(=O)[nH]c(Cc3ccccc3OC(F)(F)F)nc21. The van der Waals surface area contributed by atoms with E-state index in [1.807, 2.05) is 0 Å². The van der Waals surface area contributed by atoms with E-state index >= 15 is 0 Å². The Morgan fingerprint density at radius 2 is 1.97 bits per heavy atom. The summed E-state index contributed by atoms with van der Waals surface area (Å²) in [5, 5.41) is 4.26. The largest absolute Gasteiger partial charge is 0.573 e. The molecule has 154 valence electrons. The van der Waals surface area contributed by atoms with Gasteiger partial charge in [-0.3, -0.25) is 4.79 Å². The average Bonchev–Trinajstić information content (AvgIpc) is 3.06. The van der Waals surface area contributed by atoms with E-state index in [-0.39, 0.29) is 34.7 Å². The van der Waals surface area contributed by atoms with Crippen LogP contribution >= 0.6 is 0 Å². The van der Waals surface area contributed by atoms with Crippen molar-refractivity contribution in [3.05, 3.63) is 75.8 Å². The number of nitrogens with zero attached hydrogens (tertiary/aromatic N) is 4. The van der Waals surface area contributed by atoms with Gasteiger partial charge in [-0.05, 0) is 24.6 Å². The van der Waals surface area contributed by atoms with E-state index in [9.17, 15) is 22.4 Å². The van der Waals surface area contributed by atoms with Gasteiger partial charge in [0.1, 0.15) is 22.8 Å². The molecule has 0 unspecified atom stereocenters. The Labute approximate surface area is 166 Å². The predicted octanol–water partition coefficient (Wildman–Crippen LogP) is 3.44. The molecule has 0 atom stereocenters. The molecule has 0 spiro atoms. The summed E-state index contributed by atoms with van der Waals surface area (Å²) in [5.41, 5.74) is 0.271. The summed E-state index contributed by atoms with van der Waals surface area (Å²) in [7, 11) is 0. The summed E-state index contributed by atoms with van der Waals surface area (Å²) in [4.78, 5) is 23.3. The number of para-hydroxylation sites is 1.